The molecule has 0 atom stereocenters. The molecule has 1 aromatic rings. The highest BCUT2D eigenvalue weighted by Crippen LogP contribution is 2.07. The van der Waals surface area contributed by atoms with Crippen LogP contribution in [-0.4, -0.2) is 19.7 Å². The van der Waals surface area contributed by atoms with Gasteiger partial charge in [-0.1, -0.05) is 12.1 Å². The molecule has 0 aromatic heterocycles. The zero-order valence-electron chi connectivity index (χ0n) is 8.45. The number of benzene rings is 1. The molecule has 0 aliphatic rings. The van der Waals surface area contributed by atoms with Crippen molar-refractivity contribution in [1.82, 2.24) is 0 Å². The van der Waals surface area contributed by atoms with Crippen molar-refractivity contribution in [2.24, 2.45) is 0 Å². The van der Waals surface area contributed by atoms with Gasteiger partial charge >= 0.3 is 5.97 Å². The molecule has 0 unspecified atom stereocenters. The minimum atomic E-state index is -0.287. The fraction of sp³-hybridized carbons (Fsp3) is 0.364. The fourth-order valence-corrected chi connectivity index (χ4v) is 1.17. The van der Waals surface area contributed by atoms with Crippen molar-refractivity contribution in [2.45, 2.75) is 13.5 Å². The van der Waals surface area contributed by atoms with E-state index < -0.39 is 0 Å². The van der Waals surface area contributed by atoms with Crippen LogP contribution in [0.1, 0.15) is 22.8 Å². The predicted molar refractivity (Wildman–Crippen MR) is 53.1 cm³/mol. The highest BCUT2D eigenvalue weighted by atomic mass is 16.5. The summed E-state index contributed by atoms with van der Waals surface area (Å²) in [5.74, 6) is -0.287. The molecule has 0 fully saturated rings. The zero-order chi connectivity index (χ0) is 10.4. The van der Waals surface area contributed by atoms with Gasteiger partial charge in [-0.05, 0) is 24.6 Å². The van der Waals surface area contributed by atoms with Crippen LogP contribution in [0.2, 0.25) is 0 Å². The molecule has 0 saturated heterocycles. The third kappa shape index (κ3) is 2.85. The van der Waals surface area contributed by atoms with E-state index in [0.717, 1.165) is 5.56 Å². The second-order valence-corrected chi connectivity index (χ2v) is 2.85. The standard InChI is InChI=1S/C11H14O3/c1-3-14-11(12)10-6-4-5-9(7-10)8-13-2/h4-7H,3,8H2,1-2H3. The van der Waals surface area contributed by atoms with Crippen LogP contribution in [-0.2, 0) is 16.1 Å². The molecule has 14 heavy (non-hydrogen) atoms. The molecule has 0 bridgehead atoms. The molecule has 0 amide bonds. The Morgan fingerprint density at radius 1 is 1.43 bits per heavy atom. The van der Waals surface area contributed by atoms with E-state index in [1.54, 1.807) is 26.2 Å². The predicted octanol–water partition coefficient (Wildman–Crippen LogP) is 2.01. The maximum Gasteiger partial charge on any atom is 0.338 e. The van der Waals surface area contributed by atoms with Crippen molar-refractivity contribution in [3.8, 4) is 0 Å². The highest BCUT2D eigenvalue weighted by Gasteiger charge is 2.05. The lowest BCUT2D eigenvalue weighted by Gasteiger charge is -2.03. The summed E-state index contributed by atoms with van der Waals surface area (Å²) >= 11 is 0. The molecule has 0 N–H and O–H groups in total. The maximum atomic E-state index is 11.3. The second-order valence-electron chi connectivity index (χ2n) is 2.85. The topological polar surface area (TPSA) is 35.5 Å². The number of carbonyl (C=O) groups excluding carboxylic acids is 1. The van der Waals surface area contributed by atoms with Gasteiger partial charge in [0.2, 0.25) is 0 Å². The zero-order valence-corrected chi connectivity index (χ0v) is 8.45. The van der Waals surface area contributed by atoms with Gasteiger partial charge < -0.3 is 9.47 Å². The van der Waals surface area contributed by atoms with Crippen LogP contribution in [0.15, 0.2) is 24.3 Å². The van der Waals surface area contributed by atoms with Crippen LogP contribution in [0.25, 0.3) is 0 Å². The van der Waals surface area contributed by atoms with Crippen molar-refractivity contribution >= 4 is 5.97 Å². The van der Waals surface area contributed by atoms with Crippen molar-refractivity contribution < 1.29 is 14.3 Å². The van der Waals surface area contributed by atoms with Crippen LogP contribution < -0.4 is 0 Å². The first-order valence-corrected chi connectivity index (χ1v) is 4.53. The van der Waals surface area contributed by atoms with Crippen molar-refractivity contribution in [3.05, 3.63) is 35.4 Å². The van der Waals surface area contributed by atoms with Gasteiger partial charge in [0.15, 0.2) is 0 Å². The van der Waals surface area contributed by atoms with E-state index in [-0.39, 0.29) is 5.97 Å². The molecule has 0 saturated carbocycles. The Balaban J connectivity index is 2.77. The average molecular weight is 194 g/mol. The first-order chi connectivity index (χ1) is 6.77. The summed E-state index contributed by atoms with van der Waals surface area (Å²) in [5, 5.41) is 0. The normalized spacial score (nSPS) is 9.86. The second kappa shape index (κ2) is 5.40. The SMILES string of the molecule is CCOC(=O)c1cccc(COC)c1. The van der Waals surface area contributed by atoms with E-state index in [1.165, 1.54) is 0 Å². The Morgan fingerprint density at radius 2 is 2.21 bits per heavy atom. The van der Waals surface area contributed by atoms with Crippen molar-refractivity contribution in [3.63, 3.8) is 0 Å². The van der Waals surface area contributed by atoms with Gasteiger partial charge in [0.25, 0.3) is 0 Å². The lowest BCUT2D eigenvalue weighted by Crippen LogP contribution is -2.05. The summed E-state index contributed by atoms with van der Waals surface area (Å²) in [6.07, 6.45) is 0. The molecule has 0 aliphatic carbocycles. The number of methoxy groups -OCH3 is 1. The van der Waals surface area contributed by atoms with Gasteiger partial charge in [0.05, 0.1) is 18.8 Å². The van der Waals surface area contributed by atoms with E-state index in [2.05, 4.69) is 0 Å². The monoisotopic (exact) mass is 194 g/mol. The van der Waals surface area contributed by atoms with Gasteiger partial charge in [-0.25, -0.2) is 4.79 Å². The van der Waals surface area contributed by atoms with E-state index in [1.807, 2.05) is 12.1 Å². The molecule has 3 nitrogen and oxygen atoms in total. The summed E-state index contributed by atoms with van der Waals surface area (Å²) in [4.78, 5) is 11.3. The molecular formula is C11H14O3. The van der Waals surface area contributed by atoms with Gasteiger partial charge in [-0.2, -0.15) is 0 Å². The van der Waals surface area contributed by atoms with E-state index in [0.29, 0.717) is 18.8 Å². The van der Waals surface area contributed by atoms with Gasteiger partial charge in [-0.3, -0.25) is 0 Å². The number of rotatable bonds is 4. The molecular weight excluding hydrogens is 180 g/mol. The Morgan fingerprint density at radius 3 is 2.86 bits per heavy atom. The quantitative estimate of drug-likeness (QED) is 0.688. The van der Waals surface area contributed by atoms with Crippen molar-refractivity contribution in [2.75, 3.05) is 13.7 Å². The van der Waals surface area contributed by atoms with Gasteiger partial charge in [0.1, 0.15) is 0 Å². The molecule has 3 heteroatoms. The average Bonchev–Trinajstić information content (AvgIpc) is 2.19. The highest BCUT2D eigenvalue weighted by molar-refractivity contribution is 5.89. The maximum absolute atomic E-state index is 11.3. The number of hydrogen-bond acceptors (Lipinski definition) is 3. The van der Waals surface area contributed by atoms with E-state index >= 15 is 0 Å². The molecule has 1 aromatic carbocycles. The third-order valence-electron chi connectivity index (χ3n) is 1.75. The largest absolute Gasteiger partial charge is 0.462 e. The number of hydrogen-bond donors (Lipinski definition) is 0. The summed E-state index contributed by atoms with van der Waals surface area (Å²) in [5.41, 5.74) is 1.54. The number of ether oxygens (including phenoxy) is 2. The van der Waals surface area contributed by atoms with Crippen molar-refractivity contribution in [1.29, 1.82) is 0 Å². The summed E-state index contributed by atoms with van der Waals surface area (Å²) in [6.45, 7) is 2.69. The van der Waals surface area contributed by atoms with Crippen LogP contribution in [0, 0.1) is 0 Å². The van der Waals surface area contributed by atoms with Crippen LogP contribution in [0.4, 0.5) is 0 Å². The summed E-state index contributed by atoms with van der Waals surface area (Å²) < 4.78 is 9.85. The molecule has 76 valence electrons. The minimum absolute atomic E-state index is 0.287. The lowest BCUT2D eigenvalue weighted by atomic mass is 10.1. The van der Waals surface area contributed by atoms with Crippen LogP contribution in [0.5, 0.6) is 0 Å². The number of carbonyl (C=O) groups is 1. The smallest absolute Gasteiger partial charge is 0.338 e. The Kier molecular flexibility index (Phi) is 4.13. The Bertz CT molecular complexity index is 307. The van der Waals surface area contributed by atoms with Gasteiger partial charge in [0, 0.05) is 7.11 Å². The molecule has 0 radical (unpaired) electrons. The lowest BCUT2D eigenvalue weighted by molar-refractivity contribution is 0.0526. The van der Waals surface area contributed by atoms with Crippen LogP contribution >= 0.6 is 0 Å². The Labute approximate surface area is 83.6 Å². The number of esters is 1. The van der Waals surface area contributed by atoms with E-state index in [4.69, 9.17) is 9.47 Å². The third-order valence-corrected chi connectivity index (χ3v) is 1.75. The van der Waals surface area contributed by atoms with E-state index in [9.17, 15) is 4.79 Å². The Hall–Kier alpha value is -1.35. The fourth-order valence-electron chi connectivity index (χ4n) is 1.17. The van der Waals surface area contributed by atoms with Crippen LogP contribution in [0.3, 0.4) is 0 Å². The summed E-state index contributed by atoms with van der Waals surface area (Å²) in [6, 6.07) is 7.24. The first-order valence-electron chi connectivity index (χ1n) is 4.53. The summed E-state index contributed by atoms with van der Waals surface area (Å²) in [7, 11) is 1.62. The molecule has 1 rings (SSSR count). The molecule has 0 aliphatic heterocycles. The molecule has 0 heterocycles. The molecule has 0 spiro atoms. The minimum Gasteiger partial charge on any atom is -0.462 e. The first kappa shape index (κ1) is 10.7. The van der Waals surface area contributed by atoms with Gasteiger partial charge in [-0.15, -0.1) is 0 Å².